The Bertz CT molecular complexity index is 1310. The van der Waals surface area contributed by atoms with Crippen molar-refractivity contribution in [1.29, 1.82) is 5.26 Å². The van der Waals surface area contributed by atoms with E-state index in [0.717, 1.165) is 23.1 Å². The van der Waals surface area contributed by atoms with Crippen molar-refractivity contribution in [3.8, 4) is 6.19 Å². The zero-order valence-electron chi connectivity index (χ0n) is 21.7. The number of nitrogens with zero attached hydrogens (tertiary/aromatic N) is 3. The van der Waals surface area contributed by atoms with Gasteiger partial charge in [0.15, 0.2) is 6.19 Å². The highest BCUT2D eigenvalue weighted by Crippen LogP contribution is 2.50. The number of benzene rings is 2. The van der Waals surface area contributed by atoms with Crippen molar-refractivity contribution >= 4 is 11.8 Å². The third-order valence-electron chi connectivity index (χ3n) is 6.97. The molecule has 2 aliphatic rings. The van der Waals surface area contributed by atoms with Crippen LogP contribution in [0.3, 0.4) is 0 Å². The second-order valence-electron chi connectivity index (χ2n) is 10.4. The molecular formula is C27H24F9N3O2. The minimum atomic E-state index is -5.12. The molecule has 0 unspecified atom stereocenters. The zero-order chi connectivity index (χ0) is 30.5. The van der Waals surface area contributed by atoms with Crippen molar-refractivity contribution in [3.05, 3.63) is 64.2 Å². The highest BCUT2D eigenvalue weighted by molar-refractivity contribution is 5.90. The summed E-state index contributed by atoms with van der Waals surface area (Å²) in [6.45, 7) is 2.43. The van der Waals surface area contributed by atoms with Gasteiger partial charge in [0, 0.05) is 6.04 Å². The summed E-state index contributed by atoms with van der Waals surface area (Å²) in [5.41, 5.74) is -4.87. The fraction of sp³-hybridized carbons (Fsp3) is 0.481. The third kappa shape index (κ3) is 6.65. The first-order valence-corrected chi connectivity index (χ1v) is 12.6. The molecule has 1 heterocycles. The molecule has 0 N–H and O–H groups in total. The summed E-state index contributed by atoms with van der Waals surface area (Å²) >= 11 is 0. The van der Waals surface area contributed by atoms with Gasteiger partial charge >= 0.3 is 24.6 Å². The molecule has 0 aromatic heterocycles. The predicted octanol–water partition coefficient (Wildman–Crippen LogP) is 8.30. The average molecular weight is 593 g/mol. The van der Waals surface area contributed by atoms with Crippen molar-refractivity contribution in [3.63, 3.8) is 0 Å². The van der Waals surface area contributed by atoms with E-state index < -0.39 is 71.6 Å². The van der Waals surface area contributed by atoms with Gasteiger partial charge in [-0.05, 0) is 86.6 Å². The molecule has 0 bridgehead atoms. The van der Waals surface area contributed by atoms with Gasteiger partial charge in [0.05, 0.1) is 41.1 Å². The second-order valence-corrected chi connectivity index (χ2v) is 10.4. The Morgan fingerprint density at radius 2 is 1.51 bits per heavy atom. The van der Waals surface area contributed by atoms with Crippen molar-refractivity contribution in [2.24, 2.45) is 5.92 Å². The van der Waals surface area contributed by atoms with Gasteiger partial charge in [0.1, 0.15) is 0 Å². The number of hydrogen-bond donors (Lipinski definition) is 0. The number of rotatable bonds is 5. The van der Waals surface area contributed by atoms with Crippen LogP contribution in [0.4, 0.5) is 50.0 Å². The Kier molecular flexibility index (Phi) is 7.88. The van der Waals surface area contributed by atoms with Crippen LogP contribution in [-0.4, -0.2) is 23.1 Å². The van der Waals surface area contributed by atoms with E-state index in [2.05, 4.69) is 0 Å². The number of anilines is 1. The van der Waals surface area contributed by atoms with Gasteiger partial charge in [0.2, 0.25) is 0 Å². The molecule has 222 valence electrons. The molecule has 2 aromatic rings. The fourth-order valence-electron chi connectivity index (χ4n) is 5.05. The van der Waals surface area contributed by atoms with E-state index in [1.807, 2.05) is 0 Å². The van der Waals surface area contributed by atoms with E-state index in [-0.39, 0.29) is 29.7 Å². The van der Waals surface area contributed by atoms with Crippen LogP contribution in [0.1, 0.15) is 67.0 Å². The van der Waals surface area contributed by atoms with Crippen LogP contribution in [0, 0.1) is 17.4 Å². The Morgan fingerprint density at radius 1 is 0.951 bits per heavy atom. The lowest BCUT2D eigenvalue weighted by molar-refractivity contribution is -0.143. The molecule has 0 saturated heterocycles. The molecule has 1 saturated carbocycles. The number of fused-ring (bicyclic) bond motifs is 1. The Balaban J connectivity index is 1.82. The first kappa shape index (κ1) is 30.3. The Morgan fingerprint density at radius 3 is 1.98 bits per heavy atom. The predicted molar refractivity (Wildman–Crippen MR) is 127 cm³/mol. The first-order valence-electron chi connectivity index (χ1n) is 12.6. The number of nitriles is 1. The summed E-state index contributed by atoms with van der Waals surface area (Å²) in [7, 11) is 0. The quantitative estimate of drug-likeness (QED) is 0.199. The largest absolute Gasteiger partial charge is 0.446 e. The van der Waals surface area contributed by atoms with Gasteiger partial charge < -0.3 is 4.74 Å². The Hall–Kier alpha value is -3.63. The molecule has 0 radical (unpaired) electrons. The normalized spacial score (nSPS) is 19.5. The van der Waals surface area contributed by atoms with Crippen LogP contribution < -0.4 is 4.90 Å². The van der Waals surface area contributed by atoms with Crippen LogP contribution in [0.15, 0.2) is 36.4 Å². The number of halogens is 9. The molecule has 5 nitrogen and oxygen atoms in total. The minimum absolute atomic E-state index is 0.0251. The van der Waals surface area contributed by atoms with Gasteiger partial charge in [-0.25, -0.2) is 4.79 Å². The standard InChI is InChI=1S/C27H24F9N3O2/c1-14(2)41-24(40)39-21-6-5-17(25(28,29)30)10-20(21)23(11-22(39)16-3-4-16)38(13-37)12-15-7-18(26(31,32)33)9-19(8-15)27(34,35)36/h5-10,14,16,22-23H,3-4,11-12H2,1-2H3/t22-,23-/m0/s1. The smallest absolute Gasteiger partial charge is 0.416 e. The molecular weight excluding hydrogens is 569 g/mol. The van der Waals surface area contributed by atoms with Crippen LogP contribution in [0.2, 0.25) is 0 Å². The molecule has 1 aliphatic carbocycles. The molecule has 4 rings (SSSR count). The van der Waals surface area contributed by atoms with E-state index in [1.54, 1.807) is 20.0 Å². The first-order chi connectivity index (χ1) is 18.9. The van der Waals surface area contributed by atoms with Crippen LogP contribution in [0.5, 0.6) is 0 Å². The summed E-state index contributed by atoms with van der Waals surface area (Å²) in [6, 6.07) is 1.67. The minimum Gasteiger partial charge on any atom is -0.446 e. The maximum absolute atomic E-state index is 13.7. The lowest BCUT2D eigenvalue weighted by Gasteiger charge is -2.43. The number of alkyl halides is 9. The van der Waals surface area contributed by atoms with Crippen molar-refractivity contribution < 1.29 is 49.0 Å². The van der Waals surface area contributed by atoms with Gasteiger partial charge in [-0.3, -0.25) is 9.80 Å². The number of carbonyl (C=O) groups is 1. The Labute approximate surface area is 229 Å². The second kappa shape index (κ2) is 10.6. The molecule has 41 heavy (non-hydrogen) atoms. The monoisotopic (exact) mass is 593 g/mol. The maximum Gasteiger partial charge on any atom is 0.416 e. The van der Waals surface area contributed by atoms with E-state index in [4.69, 9.17) is 4.74 Å². The van der Waals surface area contributed by atoms with Gasteiger partial charge in [0.25, 0.3) is 0 Å². The van der Waals surface area contributed by atoms with Crippen LogP contribution in [-0.2, 0) is 29.8 Å². The molecule has 14 heteroatoms. The molecule has 1 aliphatic heterocycles. The summed E-state index contributed by atoms with van der Waals surface area (Å²) in [5.74, 6) is -0.0846. The van der Waals surface area contributed by atoms with E-state index >= 15 is 0 Å². The fourth-order valence-corrected chi connectivity index (χ4v) is 5.05. The van der Waals surface area contributed by atoms with Crippen molar-refractivity contribution in [2.75, 3.05) is 4.90 Å². The van der Waals surface area contributed by atoms with Crippen LogP contribution >= 0.6 is 0 Å². The number of ether oxygens (including phenoxy) is 1. The van der Waals surface area contributed by atoms with Crippen LogP contribution in [0.25, 0.3) is 0 Å². The maximum atomic E-state index is 13.7. The average Bonchev–Trinajstić information content (AvgIpc) is 3.69. The summed E-state index contributed by atoms with van der Waals surface area (Å²) in [4.78, 5) is 15.2. The zero-order valence-corrected chi connectivity index (χ0v) is 21.7. The van der Waals surface area contributed by atoms with E-state index in [1.165, 1.54) is 4.90 Å². The highest BCUT2D eigenvalue weighted by Gasteiger charge is 2.47. The number of hydrogen-bond acceptors (Lipinski definition) is 4. The van der Waals surface area contributed by atoms with Gasteiger partial charge in [-0.15, -0.1) is 0 Å². The van der Waals surface area contributed by atoms with Gasteiger partial charge in [-0.1, -0.05) is 0 Å². The number of amides is 1. The molecule has 1 fully saturated rings. The SMILES string of the molecule is CC(C)OC(=O)N1c2ccc(C(F)(F)F)cc2[C@@H](N(C#N)Cc2cc(C(F)(F)F)cc(C(F)(F)F)c2)C[C@H]1C1CC1. The number of carbonyl (C=O) groups excluding carboxylic acids is 1. The molecule has 0 spiro atoms. The van der Waals surface area contributed by atoms with Gasteiger partial charge in [-0.2, -0.15) is 44.8 Å². The summed E-state index contributed by atoms with van der Waals surface area (Å²) in [6.07, 6.45) is -13.4. The molecule has 1 amide bonds. The lowest BCUT2D eigenvalue weighted by atomic mass is 9.86. The highest BCUT2D eigenvalue weighted by atomic mass is 19.4. The molecule has 2 atom stereocenters. The summed E-state index contributed by atoms with van der Waals surface area (Å²) in [5, 5.41) is 9.99. The van der Waals surface area contributed by atoms with Crippen molar-refractivity contribution in [1.82, 2.24) is 4.90 Å². The lowest BCUT2D eigenvalue weighted by Crippen LogP contribution is -2.49. The van der Waals surface area contributed by atoms with E-state index in [9.17, 15) is 49.6 Å². The van der Waals surface area contributed by atoms with E-state index in [0.29, 0.717) is 25.0 Å². The molecule has 2 aromatic carbocycles. The van der Waals surface area contributed by atoms with Crippen molar-refractivity contribution in [2.45, 2.75) is 76.4 Å². The topological polar surface area (TPSA) is 56.6 Å². The summed E-state index contributed by atoms with van der Waals surface area (Å²) < 4.78 is 127. The third-order valence-corrected chi connectivity index (χ3v) is 6.97.